The number of nitrogens with zero attached hydrogens (tertiary/aromatic N) is 2. The lowest BCUT2D eigenvalue weighted by molar-refractivity contribution is 0.162. The van der Waals surface area contributed by atoms with Crippen LogP contribution in [0, 0.1) is 22.7 Å². The Morgan fingerprint density at radius 3 is 2.19 bits per heavy atom. The number of hydrogen-bond acceptors (Lipinski definition) is 3. The molecule has 0 aromatic heterocycles. The van der Waals surface area contributed by atoms with Gasteiger partial charge in [-0.2, -0.15) is 10.5 Å². The van der Waals surface area contributed by atoms with Crippen LogP contribution in [0.4, 0.5) is 0 Å². The van der Waals surface area contributed by atoms with Gasteiger partial charge in [-0.15, -0.1) is 0 Å². The van der Waals surface area contributed by atoms with Crippen LogP contribution in [0.5, 0.6) is 5.75 Å². The van der Waals surface area contributed by atoms with Gasteiger partial charge in [0, 0.05) is 0 Å². The van der Waals surface area contributed by atoms with Gasteiger partial charge in [0.15, 0.2) is 0 Å². The minimum Gasteiger partial charge on any atom is -0.489 e. The molecule has 1 aliphatic heterocycles. The predicted octanol–water partition coefficient (Wildman–Crippen LogP) is 6.93. The van der Waals surface area contributed by atoms with E-state index in [1.165, 1.54) is 11.1 Å². The Kier molecular flexibility index (Phi) is 6.62. The summed E-state index contributed by atoms with van der Waals surface area (Å²) in [6.07, 6.45) is 9.64. The third-order valence-corrected chi connectivity index (χ3v) is 7.27. The van der Waals surface area contributed by atoms with E-state index in [0.717, 1.165) is 68.9 Å². The minimum absolute atomic E-state index is 0.163. The van der Waals surface area contributed by atoms with Crippen molar-refractivity contribution in [1.82, 2.24) is 0 Å². The maximum atomic E-state index is 9.95. The third kappa shape index (κ3) is 4.33. The first-order chi connectivity index (χ1) is 15.2. The van der Waals surface area contributed by atoms with Gasteiger partial charge < -0.3 is 4.74 Å². The SMILES string of the molecule is CCCC1CCc2cc(C3CCC(c4ccc(CC)cc4)CC3)c(C#N)c(C#N)c2O1. The molecule has 0 amide bonds. The molecule has 2 aromatic carbocycles. The third-order valence-electron chi connectivity index (χ3n) is 7.27. The lowest BCUT2D eigenvalue weighted by Crippen LogP contribution is -2.24. The number of rotatable bonds is 5. The Bertz CT molecular complexity index is 1000. The molecule has 0 bridgehead atoms. The van der Waals surface area contributed by atoms with Crippen molar-refractivity contribution in [3.05, 3.63) is 63.7 Å². The van der Waals surface area contributed by atoms with E-state index in [1.807, 2.05) is 0 Å². The van der Waals surface area contributed by atoms with Crippen molar-refractivity contribution in [2.45, 2.75) is 89.6 Å². The summed E-state index contributed by atoms with van der Waals surface area (Å²) in [6, 6.07) is 16.0. The minimum atomic E-state index is 0.163. The maximum Gasteiger partial charge on any atom is 0.142 e. The fourth-order valence-electron chi connectivity index (χ4n) is 5.44. The van der Waals surface area contributed by atoms with E-state index in [4.69, 9.17) is 4.74 Å². The van der Waals surface area contributed by atoms with Crippen molar-refractivity contribution in [2.24, 2.45) is 0 Å². The summed E-state index contributed by atoms with van der Waals surface area (Å²) < 4.78 is 6.20. The van der Waals surface area contributed by atoms with Gasteiger partial charge in [-0.05, 0) is 85.5 Å². The first-order valence-electron chi connectivity index (χ1n) is 11.9. The van der Waals surface area contributed by atoms with Crippen LogP contribution in [0.25, 0.3) is 0 Å². The van der Waals surface area contributed by atoms with Gasteiger partial charge in [-0.25, -0.2) is 0 Å². The van der Waals surface area contributed by atoms with Gasteiger partial charge in [0.25, 0.3) is 0 Å². The van der Waals surface area contributed by atoms with E-state index in [-0.39, 0.29) is 6.10 Å². The normalized spacial score (nSPS) is 22.6. The van der Waals surface area contributed by atoms with Gasteiger partial charge in [0.2, 0.25) is 0 Å². The number of fused-ring (bicyclic) bond motifs is 1. The van der Waals surface area contributed by atoms with Gasteiger partial charge >= 0.3 is 0 Å². The van der Waals surface area contributed by atoms with Crippen LogP contribution in [-0.4, -0.2) is 6.10 Å². The fourth-order valence-corrected chi connectivity index (χ4v) is 5.44. The van der Waals surface area contributed by atoms with Crippen LogP contribution in [0.1, 0.15) is 104 Å². The molecule has 1 atom stereocenters. The Labute approximate surface area is 186 Å². The van der Waals surface area contributed by atoms with Crippen LogP contribution in [0.15, 0.2) is 30.3 Å². The average molecular weight is 413 g/mol. The summed E-state index contributed by atoms with van der Waals surface area (Å²) in [4.78, 5) is 0. The first kappa shape index (κ1) is 21.5. The van der Waals surface area contributed by atoms with Crippen LogP contribution in [0.2, 0.25) is 0 Å². The number of aryl methyl sites for hydroxylation is 2. The molecule has 1 aliphatic carbocycles. The standard InChI is InChI=1S/C28H32N2O/c1-3-5-24-15-14-23-16-25(26(17-29)27(18-30)28(23)31-24)22-12-10-21(11-13-22)20-8-6-19(4-2)7-9-20/h6-9,16,21-22,24H,3-5,10-15H2,1-2H3. The zero-order valence-corrected chi connectivity index (χ0v) is 18.8. The molecule has 0 N–H and O–H groups in total. The molecule has 0 spiro atoms. The molecule has 0 radical (unpaired) electrons. The molecule has 1 saturated carbocycles. The highest BCUT2D eigenvalue weighted by Gasteiger charge is 2.31. The van der Waals surface area contributed by atoms with Crippen LogP contribution in [-0.2, 0) is 12.8 Å². The molecule has 2 aromatic rings. The van der Waals surface area contributed by atoms with Gasteiger partial charge in [0.1, 0.15) is 23.5 Å². The molecule has 1 unspecified atom stereocenters. The molecule has 3 nitrogen and oxygen atoms in total. The number of ether oxygens (including phenoxy) is 1. The van der Waals surface area contributed by atoms with Gasteiger partial charge in [-0.1, -0.05) is 50.6 Å². The lowest BCUT2D eigenvalue weighted by Gasteiger charge is -2.32. The summed E-state index contributed by atoms with van der Waals surface area (Å²) in [5.74, 6) is 1.63. The molecule has 1 fully saturated rings. The summed E-state index contributed by atoms with van der Waals surface area (Å²) in [7, 11) is 0. The van der Waals surface area contributed by atoms with Crippen molar-refractivity contribution >= 4 is 0 Å². The predicted molar refractivity (Wildman–Crippen MR) is 123 cm³/mol. The van der Waals surface area contributed by atoms with Gasteiger partial charge in [0.05, 0.1) is 11.7 Å². The smallest absolute Gasteiger partial charge is 0.142 e. The molecule has 3 heteroatoms. The number of hydrogen-bond donors (Lipinski definition) is 0. The van der Waals surface area contributed by atoms with Crippen molar-refractivity contribution in [1.29, 1.82) is 10.5 Å². The summed E-state index contributed by atoms with van der Waals surface area (Å²) >= 11 is 0. The van der Waals surface area contributed by atoms with Crippen molar-refractivity contribution in [2.75, 3.05) is 0 Å². The van der Waals surface area contributed by atoms with Crippen molar-refractivity contribution in [3.63, 3.8) is 0 Å². The fraction of sp³-hybridized carbons (Fsp3) is 0.500. The lowest BCUT2D eigenvalue weighted by atomic mass is 9.74. The second-order valence-electron chi connectivity index (χ2n) is 9.14. The van der Waals surface area contributed by atoms with Crippen LogP contribution in [0.3, 0.4) is 0 Å². The zero-order valence-electron chi connectivity index (χ0n) is 18.8. The van der Waals surface area contributed by atoms with Crippen LogP contribution < -0.4 is 4.74 Å². The molecule has 0 saturated heterocycles. The Hall–Kier alpha value is -2.78. The Morgan fingerprint density at radius 2 is 1.58 bits per heavy atom. The molecule has 31 heavy (non-hydrogen) atoms. The van der Waals surface area contributed by atoms with E-state index in [9.17, 15) is 10.5 Å². The second kappa shape index (κ2) is 9.57. The van der Waals surface area contributed by atoms with E-state index < -0.39 is 0 Å². The highest BCUT2D eigenvalue weighted by molar-refractivity contribution is 5.62. The number of benzene rings is 2. The maximum absolute atomic E-state index is 9.95. The highest BCUT2D eigenvalue weighted by Crippen LogP contribution is 2.45. The topological polar surface area (TPSA) is 56.8 Å². The number of nitriles is 2. The highest BCUT2D eigenvalue weighted by atomic mass is 16.5. The molecular weight excluding hydrogens is 380 g/mol. The largest absolute Gasteiger partial charge is 0.489 e. The summed E-state index contributed by atoms with van der Waals surface area (Å²) in [5, 5.41) is 19.9. The monoisotopic (exact) mass is 412 g/mol. The summed E-state index contributed by atoms with van der Waals surface area (Å²) in [5.41, 5.74) is 6.04. The first-order valence-corrected chi connectivity index (χ1v) is 11.9. The van der Waals surface area contributed by atoms with Crippen molar-refractivity contribution < 1.29 is 4.74 Å². The molecule has 2 aliphatic rings. The average Bonchev–Trinajstić information content (AvgIpc) is 2.83. The molecular formula is C28H32N2O. The molecule has 1 heterocycles. The summed E-state index contributed by atoms with van der Waals surface area (Å²) in [6.45, 7) is 4.35. The zero-order chi connectivity index (χ0) is 21.8. The van der Waals surface area contributed by atoms with E-state index in [1.54, 1.807) is 0 Å². The molecule has 4 rings (SSSR count). The second-order valence-corrected chi connectivity index (χ2v) is 9.14. The van der Waals surface area contributed by atoms with E-state index >= 15 is 0 Å². The quantitative estimate of drug-likeness (QED) is 0.535. The Balaban J connectivity index is 1.56. The molecule has 160 valence electrons. The van der Waals surface area contributed by atoms with Crippen molar-refractivity contribution in [3.8, 4) is 17.9 Å². The van der Waals surface area contributed by atoms with E-state index in [2.05, 4.69) is 56.3 Å². The van der Waals surface area contributed by atoms with E-state index in [0.29, 0.717) is 28.7 Å². The van der Waals surface area contributed by atoms with Gasteiger partial charge in [-0.3, -0.25) is 0 Å². The Morgan fingerprint density at radius 1 is 0.903 bits per heavy atom. The van der Waals surface area contributed by atoms with Crippen LogP contribution >= 0.6 is 0 Å².